The van der Waals surface area contributed by atoms with Crippen LogP contribution in [0.2, 0.25) is 0 Å². The number of nitrogens with one attached hydrogen (secondary N) is 1. The van der Waals surface area contributed by atoms with Crippen molar-refractivity contribution in [2.75, 3.05) is 20.1 Å². The van der Waals surface area contributed by atoms with Crippen LogP contribution in [0.5, 0.6) is 0 Å². The van der Waals surface area contributed by atoms with E-state index in [4.69, 9.17) is 0 Å². The second-order valence-corrected chi connectivity index (χ2v) is 4.76. The van der Waals surface area contributed by atoms with Crippen LogP contribution in [0.1, 0.15) is 24.2 Å². The summed E-state index contributed by atoms with van der Waals surface area (Å²) in [7, 11) is 2.17. The molecule has 0 spiro atoms. The predicted molar refractivity (Wildman–Crippen MR) is 66.3 cm³/mol. The molecule has 0 aliphatic carbocycles. The summed E-state index contributed by atoms with van der Waals surface area (Å²) in [5.74, 6) is 0. The minimum Gasteiger partial charge on any atom is -0.313 e. The molecule has 1 aliphatic heterocycles. The highest BCUT2D eigenvalue weighted by atomic mass is 15.1. The topological polar surface area (TPSA) is 28.2 Å². The van der Waals surface area contributed by atoms with Crippen LogP contribution in [-0.2, 0) is 6.54 Å². The molecular formula is C13H21N3. The van der Waals surface area contributed by atoms with E-state index in [1.165, 1.54) is 25.1 Å². The smallest absolute Gasteiger partial charge is 0.0547 e. The summed E-state index contributed by atoms with van der Waals surface area (Å²) in [6.45, 7) is 5.29. The lowest BCUT2D eigenvalue weighted by Gasteiger charge is -2.20. The summed E-state index contributed by atoms with van der Waals surface area (Å²) >= 11 is 0. The first-order valence-electron chi connectivity index (χ1n) is 6.08. The van der Waals surface area contributed by atoms with E-state index in [0.29, 0.717) is 6.04 Å². The molecule has 1 aliphatic rings. The van der Waals surface area contributed by atoms with E-state index in [0.717, 1.165) is 18.8 Å². The first kappa shape index (κ1) is 11.6. The van der Waals surface area contributed by atoms with Gasteiger partial charge < -0.3 is 5.32 Å². The lowest BCUT2D eigenvalue weighted by atomic mass is 10.2. The fourth-order valence-electron chi connectivity index (χ4n) is 2.32. The molecule has 1 saturated heterocycles. The standard InChI is InChI=1S/C13H21N3/c1-11-5-3-6-13(15-11)10-16(2)9-12-7-4-8-14-12/h3,5-6,12,14H,4,7-10H2,1-2H3/t12-/m0/s1. The van der Waals surface area contributed by atoms with Crippen LogP contribution >= 0.6 is 0 Å². The van der Waals surface area contributed by atoms with E-state index in [1.807, 2.05) is 13.0 Å². The van der Waals surface area contributed by atoms with Crippen molar-refractivity contribution in [1.82, 2.24) is 15.2 Å². The molecule has 1 aromatic heterocycles. The molecule has 0 amide bonds. The van der Waals surface area contributed by atoms with Crippen molar-refractivity contribution in [3.63, 3.8) is 0 Å². The lowest BCUT2D eigenvalue weighted by molar-refractivity contribution is 0.290. The van der Waals surface area contributed by atoms with Crippen molar-refractivity contribution in [2.24, 2.45) is 0 Å². The van der Waals surface area contributed by atoms with E-state index in [-0.39, 0.29) is 0 Å². The molecule has 1 aromatic rings. The molecule has 0 saturated carbocycles. The molecular weight excluding hydrogens is 198 g/mol. The number of aryl methyl sites for hydroxylation is 1. The van der Waals surface area contributed by atoms with Crippen LogP contribution in [-0.4, -0.2) is 36.1 Å². The maximum Gasteiger partial charge on any atom is 0.0547 e. The molecule has 1 atom stereocenters. The van der Waals surface area contributed by atoms with E-state index >= 15 is 0 Å². The van der Waals surface area contributed by atoms with Crippen molar-refractivity contribution < 1.29 is 0 Å². The lowest BCUT2D eigenvalue weighted by Crippen LogP contribution is -2.35. The molecule has 0 bridgehead atoms. The number of pyridine rings is 1. The van der Waals surface area contributed by atoms with Gasteiger partial charge in [-0.05, 0) is 45.5 Å². The largest absolute Gasteiger partial charge is 0.313 e. The Morgan fingerprint density at radius 2 is 2.38 bits per heavy atom. The van der Waals surface area contributed by atoms with Gasteiger partial charge in [0, 0.05) is 24.8 Å². The van der Waals surface area contributed by atoms with Crippen molar-refractivity contribution in [1.29, 1.82) is 0 Å². The van der Waals surface area contributed by atoms with E-state index in [1.54, 1.807) is 0 Å². The van der Waals surface area contributed by atoms with Crippen molar-refractivity contribution >= 4 is 0 Å². The summed E-state index contributed by atoms with van der Waals surface area (Å²) in [5.41, 5.74) is 2.27. The monoisotopic (exact) mass is 219 g/mol. The highest BCUT2D eigenvalue weighted by Crippen LogP contribution is 2.08. The Labute approximate surface area is 97.9 Å². The van der Waals surface area contributed by atoms with Gasteiger partial charge in [-0.25, -0.2) is 0 Å². The van der Waals surface area contributed by atoms with Crippen LogP contribution < -0.4 is 5.32 Å². The maximum atomic E-state index is 4.53. The summed E-state index contributed by atoms with van der Waals surface area (Å²) in [4.78, 5) is 6.88. The van der Waals surface area contributed by atoms with Gasteiger partial charge in [0.15, 0.2) is 0 Å². The van der Waals surface area contributed by atoms with Crippen molar-refractivity contribution in [3.05, 3.63) is 29.6 Å². The third-order valence-corrected chi connectivity index (χ3v) is 3.07. The van der Waals surface area contributed by atoms with Crippen LogP contribution in [0.4, 0.5) is 0 Å². The van der Waals surface area contributed by atoms with Crippen LogP contribution in [0.25, 0.3) is 0 Å². The van der Waals surface area contributed by atoms with Crippen molar-refractivity contribution in [3.8, 4) is 0 Å². The van der Waals surface area contributed by atoms with Gasteiger partial charge in [0.1, 0.15) is 0 Å². The maximum absolute atomic E-state index is 4.53. The quantitative estimate of drug-likeness (QED) is 0.833. The molecule has 3 nitrogen and oxygen atoms in total. The second kappa shape index (κ2) is 5.41. The fourth-order valence-corrected chi connectivity index (χ4v) is 2.32. The Morgan fingerprint density at radius 1 is 1.50 bits per heavy atom. The van der Waals surface area contributed by atoms with Gasteiger partial charge >= 0.3 is 0 Å². The number of aromatic nitrogens is 1. The number of hydrogen-bond acceptors (Lipinski definition) is 3. The fraction of sp³-hybridized carbons (Fsp3) is 0.615. The third kappa shape index (κ3) is 3.29. The van der Waals surface area contributed by atoms with Gasteiger partial charge in [-0.2, -0.15) is 0 Å². The summed E-state index contributed by atoms with van der Waals surface area (Å²) in [5, 5.41) is 3.52. The van der Waals surface area contributed by atoms with E-state index in [2.05, 4.69) is 34.4 Å². The average molecular weight is 219 g/mol. The highest BCUT2D eigenvalue weighted by Gasteiger charge is 2.15. The van der Waals surface area contributed by atoms with Crippen LogP contribution in [0, 0.1) is 6.92 Å². The highest BCUT2D eigenvalue weighted by molar-refractivity contribution is 5.09. The first-order valence-corrected chi connectivity index (χ1v) is 6.08. The zero-order chi connectivity index (χ0) is 11.4. The third-order valence-electron chi connectivity index (χ3n) is 3.07. The summed E-state index contributed by atoms with van der Waals surface area (Å²) < 4.78 is 0. The van der Waals surface area contributed by atoms with Gasteiger partial charge in [-0.15, -0.1) is 0 Å². The van der Waals surface area contributed by atoms with Gasteiger partial charge in [-0.1, -0.05) is 6.07 Å². The van der Waals surface area contributed by atoms with Gasteiger partial charge in [0.05, 0.1) is 5.69 Å². The van der Waals surface area contributed by atoms with Gasteiger partial charge in [-0.3, -0.25) is 9.88 Å². The van der Waals surface area contributed by atoms with E-state index in [9.17, 15) is 0 Å². The molecule has 2 heterocycles. The number of rotatable bonds is 4. The normalized spacial score (nSPS) is 20.6. The minimum atomic E-state index is 0.676. The van der Waals surface area contributed by atoms with Gasteiger partial charge in [0.25, 0.3) is 0 Å². The Bertz CT molecular complexity index is 332. The average Bonchev–Trinajstić information content (AvgIpc) is 2.70. The SMILES string of the molecule is Cc1cccc(CN(C)C[C@@H]2CCCN2)n1. The molecule has 0 unspecified atom stereocenters. The number of likely N-dealkylation sites (N-methyl/N-ethyl adjacent to an activating group) is 1. The second-order valence-electron chi connectivity index (χ2n) is 4.76. The first-order chi connectivity index (χ1) is 7.74. The zero-order valence-electron chi connectivity index (χ0n) is 10.2. The van der Waals surface area contributed by atoms with Gasteiger partial charge in [0.2, 0.25) is 0 Å². The Balaban J connectivity index is 1.84. The molecule has 0 radical (unpaired) electrons. The molecule has 1 fully saturated rings. The van der Waals surface area contributed by atoms with Crippen molar-refractivity contribution in [2.45, 2.75) is 32.4 Å². The molecule has 0 aromatic carbocycles. The Kier molecular flexibility index (Phi) is 3.91. The molecule has 3 heteroatoms. The Morgan fingerprint density at radius 3 is 3.06 bits per heavy atom. The number of nitrogens with zero attached hydrogens (tertiary/aromatic N) is 2. The number of hydrogen-bond donors (Lipinski definition) is 1. The van der Waals surface area contributed by atoms with E-state index < -0.39 is 0 Å². The molecule has 1 N–H and O–H groups in total. The summed E-state index contributed by atoms with van der Waals surface area (Å²) in [6, 6.07) is 6.90. The predicted octanol–water partition coefficient (Wildman–Crippen LogP) is 1.57. The minimum absolute atomic E-state index is 0.676. The molecule has 16 heavy (non-hydrogen) atoms. The Hall–Kier alpha value is -0.930. The van der Waals surface area contributed by atoms with Crippen LogP contribution in [0.15, 0.2) is 18.2 Å². The zero-order valence-corrected chi connectivity index (χ0v) is 10.2. The molecule has 88 valence electrons. The molecule has 2 rings (SSSR count). The summed E-state index contributed by atoms with van der Waals surface area (Å²) in [6.07, 6.45) is 2.63. The van der Waals surface area contributed by atoms with Crippen LogP contribution in [0.3, 0.4) is 0 Å².